The molecule has 2 heteroatoms. The molecule has 1 nitrogen and oxygen atoms in total. The normalized spacial score (nSPS) is 11.3. The van der Waals surface area contributed by atoms with Crippen molar-refractivity contribution in [3.8, 4) is 5.75 Å². The Hall–Kier alpha value is -1.93. The average molecular weight is 535 g/mol. The first-order valence-corrected chi connectivity index (χ1v) is 16.2. The highest BCUT2D eigenvalue weighted by Gasteiger charge is 2.05. The van der Waals surface area contributed by atoms with Crippen LogP contribution in [0, 0.1) is 0 Å². The van der Waals surface area contributed by atoms with E-state index in [1.807, 2.05) is 24.3 Å². The van der Waals surface area contributed by atoms with Crippen LogP contribution in [0.25, 0.3) is 6.08 Å². The van der Waals surface area contributed by atoms with Gasteiger partial charge in [0.2, 0.25) is 0 Å². The molecule has 0 atom stereocenters. The highest BCUT2D eigenvalue weighted by atomic mass is 32.1. The fourth-order valence-electron chi connectivity index (χ4n) is 4.99. The predicted molar refractivity (Wildman–Crippen MR) is 173 cm³/mol. The summed E-state index contributed by atoms with van der Waals surface area (Å²) in [6.07, 6.45) is 28.6. The molecular weight excluding hydrogens is 480 g/mol. The second-order valence-corrected chi connectivity index (χ2v) is 11.3. The predicted octanol–water partition coefficient (Wildman–Crippen LogP) is 11.7. The Balaban J connectivity index is 1.57. The van der Waals surface area contributed by atoms with Gasteiger partial charge in [-0.25, -0.2) is 0 Å². The molecule has 0 saturated carbocycles. The molecule has 0 fully saturated rings. The lowest BCUT2D eigenvalue weighted by atomic mass is 10.0. The summed E-state index contributed by atoms with van der Waals surface area (Å²) >= 11 is 5.58. The third kappa shape index (κ3) is 14.9. The number of allylic oxidation sites excluding steroid dienone is 1. The van der Waals surface area contributed by atoms with Gasteiger partial charge in [-0.15, -0.1) is 0 Å². The van der Waals surface area contributed by atoms with Gasteiger partial charge < -0.3 is 4.74 Å². The lowest BCUT2D eigenvalue weighted by Gasteiger charge is -2.12. The Morgan fingerprint density at radius 3 is 1.76 bits per heavy atom. The minimum Gasteiger partial charge on any atom is -0.493 e. The van der Waals surface area contributed by atoms with Gasteiger partial charge in [0.25, 0.3) is 0 Å². The van der Waals surface area contributed by atoms with Crippen LogP contribution < -0.4 is 4.74 Å². The molecule has 0 N–H and O–H groups in total. The van der Waals surface area contributed by atoms with Gasteiger partial charge in [0.05, 0.1) is 6.61 Å². The summed E-state index contributed by atoms with van der Waals surface area (Å²) in [6.45, 7) is 5.33. The van der Waals surface area contributed by atoms with Crippen LogP contribution in [0.2, 0.25) is 0 Å². The van der Waals surface area contributed by atoms with Crippen molar-refractivity contribution in [2.75, 3.05) is 6.61 Å². The molecule has 2 rings (SSSR count). The largest absolute Gasteiger partial charge is 0.493 e. The Bertz CT molecular complexity index is 885. The zero-order valence-electron chi connectivity index (χ0n) is 24.5. The average Bonchev–Trinajstić information content (AvgIpc) is 2.95. The molecule has 0 spiro atoms. The molecule has 0 heterocycles. The summed E-state index contributed by atoms with van der Waals surface area (Å²) in [7, 11) is 0. The standard InChI is InChI=1S/C36H54OS/c1-3-5-6-7-8-9-10-11-12-13-14-15-16-17-18-22-30-37-35-31-32(26-28-33(35)23-4-2)27-29-36(38)34-24-20-19-21-25-34/h19-21,24-29,31H,3-18,22-23,30H2,1-2H3. The van der Waals surface area contributed by atoms with Crippen molar-refractivity contribution in [3.63, 3.8) is 0 Å². The SMILES string of the molecule is CCCCCCCCCCCCCCCCCCOc1cc(C=CC(=S)c2ccccc2)ccc1CCC. The molecule has 0 amide bonds. The van der Waals surface area contributed by atoms with E-state index in [4.69, 9.17) is 17.0 Å². The molecule has 0 unspecified atom stereocenters. The zero-order chi connectivity index (χ0) is 27.1. The summed E-state index contributed by atoms with van der Waals surface area (Å²) in [5.74, 6) is 1.04. The summed E-state index contributed by atoms with van der Waals surface area (Å²) in [5, 5.41) is 0. The van der Waals surface area contributed by atoms with Crippen molar-refractivity contribution >= 4 is 23.2 Å². The molecule has 210 valence electrons. The van der Waals surface area contributed by atoms with Gasteiger partial charge >= 0.3 is 0 Å². The maximum absolute atomic E-state index is 6.27. The van der Waals surface area contributed by atoms with Crippen LogP contribution in [-0.4, -0.2) is 11.5 Å². The lowest BCUT2D eigenvalue weighted by Crippen LogP contribution is -2.01. The highest BCUT2D eigenvalue weighted by molar-refractivity contribution is 7.81. The molecule has 2 aromatic carbocycles. The molecule has 0 aliphatic heterocycles. The number of aryl methyl sites for hydroxylation is 1. The zero-order valence-corrected chi connectivity index (χ0v) is 25.3. The number of thiocarbonyl (C=S) groups is 1. The first kappa shape index (κ1) is 32.3. The van der Waals surface area contributed by atoms with E-state index in [9.17, 15) is 0 Å². The number of hydrogen-bond donors (Lipinski definition) is 0. The molecule has 0 aliphatic rings. The fraction of sp³-hybridized carbons (Fsp3) is 0.583. The van der Waals surface area contributed by atoms with Crippen LogP contribution >= 0.6 is 12.2 Å². The van der Waals surface area contributed by atoms with Crippen molar-refractivity contribution in [1.82, 2.24) is 0 Å². The maximum Gasteiger partial charge on any atom is 0.123 e. The molecule has 0 bridgehead atoms. The Morgan fingerprint density at radius 2 is 1.21 bits per heavy atom. The van der Waals surface area contributed by atoms with Gasteiger partial charge in [0, 0.05) is 4.86 Å². The van der Waals surface area contributed by atoms with Gasteiger partial charge in [-0.3, -0.25) is 0 Å². The van der Waals surface area contributed by atoms with Gasteiger partial charge in [0.1, 0.15) is 5.75 Å². The van der Waals surface area contributed by atoms with E-state index in [2.05, 4.69) is 50.3 Å². The van der Waals surface area contributed by atoms with E-state index in [-0.39, 0.29) is 0 Å². The van der Waals surface area contributed by atoms with Gasteiger partial charge in [-0.05, 0) is 41.7 Å². The van der Waals surface area contributed by atoms with Crippen molar-refractivity contribution in [2.45, 2.75) is 129 Å². The van der Waals surface area contributed by atoms with Crippen LogP contribution in [0.1, 0.15) is 140 Å². The summed E-state index contributed by atoms with van der Waals surface area (Å²) < 4.78 is 6.27. The number of benzene rings is 2. The molecule has 0 radical (unpaired) electrons. The summed E-state index contributed by atoms with van der Waals surface area (Å²) in [4.78, 5) is 0.860. The van der Waals surface area contributed by atoms with E-state index in [1.54, 1.807) is 0 Å². The molecule has 2 aromatic rings. The Kier molecular flexibility index (Phi) is 18.6. The van der Waals surface area contributed by atoms with Gasteiger partial charge in [-0.2, -0.15) is 0 Å². The first-order valence-electron chi connectivity index (χ1n) is 15.8. The minimum atomic E-state index is 0.810. The van der Waals surface area contributed by atoms with Crippen molar-refractivity contribution in [2.24, 2.45) is 0 Å². The van der Waals surface area contributed by atoms with Crippen LogP contribution in [0.15, 0.2) is 54.6 Å². The van der Waals surface area contributed by atoms with E-state index in [0.717, 1.165) is 47.6 Å². The van der Waals surface area contributed by atoms with Crippen LogP contribution in [0.3, 0.4) is 0 Å². The molecule has 0 aromatic heterocycles. The fourth-order valence-corrected chi connectivity index (χ4v) is 5.19. The second kappa shape index (κ2) is 21.9. The number of unbranched alkanes of at least 4 members (excludes halogenated alkanes) is 15. The Morgan fingerprint density at radius 1 is 0.658 bits per heavy atom. The number of ether oxygens (including phenoxy) is 1. The number of rotatable bonds is 23. The minimum absolute atomic E-state index is 0.810. The quantitative estimate of drug-likeness (QED) is 0.0606. The third-order valence-electron chi connectivity index (χ3n) is 7.35. The van der Waals surface area contributed by atoms with Crippen LogP contribution in [0.4, 0.5) is 0 Å². The molecule has 38 heavy (non-hydrogen) atoms. The van der Waals surface area contributed by atoms with Crippen molar-refractivity contribution < 1.29 is 4.74 Å². The van der Waals surface area contributed by atoms with Gasteiger partial charge in [-0.1, -0.05) is 177 Å². The van der Waals surface area contributed by atoms with Crippen LogP contribution in [0.5, 0.6) is 5.75 Å². The summed E-state index contributed by atoms with van der Waals surface area (Å²) in [6, 6.07) is 16.8. The lowest BCUT2D eigenvalue weighted by molar-refractivity contribution is 0.301. The third-order valence-corrected chi connectivity index (χ3v) is 7.72. The van der Waals surface area contributed by atoms with Gasteiger partial charge in [0.15, 0.2) is 0 Å². The maximum atomic E-state index is 6.27. The summed E-state index contributed by atoms with van der Waals surface area (Å²) in [5.41, 5.74) is 3.54. The smallest absolute Gasteiger partial charge is 0.123 e. The van der Waals surface area contributed by atoms with E-state index in [1.165, 1.54) is 102 Å². The first-order chi connectivity index (χ1) is 18.7. The monoisotopic (exact) mass is 534 g/mol. The van der Waals surface area contributed by atoms with Crippen molar-refractivity contribution in [3.05, 3.63) is 71.3 Å². The van der Waals surface area contributed by atoms with Crippen molar-refractivity contribution in [1.29, 1.82) is 0 Å². The molecular formula is C36H54OS. The van der Waals surface area contributed by atoms with Crippen LogP contribution in [-0.2, 0) is 6.42 Å². The topological polar surface area (TPSA) is 9.23 Å². The molecule has 0 saturated heterocycles. The highest BCUT2D eigenvalue weighted by Crippen LogP contribution is 2.24. The Labute approximate surface area is 240 Å². The van der Waals surface area contributed by atoms with E-state index >= 15 is 0 Å². The van der Waals surface area contributed by atoms with E-state index < -0.39 is 0 Å². The molecule has 0 aliphatic carbocycles. The second-order valence-electron chi connectivity index (χ2n) is 10.8. The number of hydrogen-bond acceptors (Lipinski definition) is 2. The van der Waals surface area contributed by atoms with E-state index in [0.29, 0.717) is 0 Å².